The molecular formula is C14H15BrN2O. The topological polar surface area (TPSA) is 34.1 Å². The predicted molar refractivity (Wildman–Crippen MR) is 76.9 cm³/mol. The molecule has 0 aliphatic carbocycles. The van der Waals surface area contributed by atoms with Crippen LogP contribution < -0.4 is 10.1 Å². The highest BCUT2D eigenvalue weighted by Gasteiger charge is 2.04. The van der Waals surface area contributed by atoms with Crippen LogP contribution in [0.25, 0.3) is 0 Å². The van der Waals surface area contributed by atoms with E-state index in [1.165, 1.54) is 0 Å². The molecule has 18 heavy (non-hydrogen) atoms. The summed E-state index contributed by atoms with van der Waals surface area (Å²) in [5.74, 6) is 1.77. The Labute approximate surface area is 115 Å². The molecule has 0 amide bonds. The fourth-order valence-electron chi connectivity index (χ4n) is 1.64. The molecule has 0 radical (unpaired) electrons. The molecular weight excluding hydrogens is 292 g/mol. The zero-order chi connectivity index (χ0) is 12.8. The van der Waals surface area contributed by atoms with E-state index in [-0.39, 0.29) is 0 Å². The fourth-order valence-corrected chi connectivity index (χ4v) is 2.04. The van der Waals surface area contributed by atoms with Crippen LogP contribution in [0.4, 0.5) is 5.82 Å². The Morgan fingerprint density at radius 2 is 2.17 bits per heavy atom. The summed E-state index contributed by atoms with van der Waals surface area (Å²) < 4.78 is 6.64. The third-order valence-corrected chi connectivity index (χ3v) is 2.94. The van der Waals surface area contributed by atoms with Gasteiger partial charge in [-0.3, -0.25) is 0 Å². The van der Waals surface area contributed by atoms with E-state index in [2.05, 4.69) is 32.3 Å². The van der Waals surface area contributed by atoms with E-state index in [0.29, 0.717) is 13.2 Å². The van der Waals surface area contributed by atoms with Crippen molar-refractivity contribution in [1.82, 2.24) is 4.98 Å². The van der Waals surface area contributed by atoms with Crippen LogP contribution >= 0.6 is 15.9 Å². The molecule has 0 saturated heterocycles. The maximum absolute atomic E-state index is 5.60. The summed E-state index contributed by atoms with van der Waals surface area (Å²) in [5.41, 5.74) is 1.11. The SMILES string of the molecule is CCOc1ccc(Br)cc1CNc1ccccn1. The quantitative estimate of drug-likeness (QED) is 0.911. The molecule has 0 aliphatic heterocycles. The summed E-state index contributed by atoms with van der Waals surface area (Å²) in [4.78, 5) is 4.23. The standard InChI is InChI=1S/C14H15BrN2O/c1-2-18-13-7-6-12(15)9-11(13)10-17-14-5-3-4-8-16-14/h3-9H,2,10H2,1H3,(H,16,17). The lowest BCUT2D eigenvalue weighted by Gasteiger charge is -2.11. The molecule has 1 N–H and O–H groups in total. The van der Waals surface area contributed by atoms with Crippen LogP contribution in [-0.2, 0) is 6.54 Å². The molecule has 0 atom stereocenters. The van der Waals surface area contributed by atoms with Crippen LogP contribution in [0.3, 0.4) is 0 Å². The lowest BCUT2D eigenvalue weighted by atomic mass is 10.2. The first-order chi connectivity index (χ1) is 8.79. The second-order valence-electron chi connectivity index (χ2n) is 3.75. The van der Waals surface area contributed by atoms with Crippen molar-refractivity contribution < 1.29 is 4.74 Å². The number of aromatic nitrogens is 1. The molecule has 0 bridgehead atoms. The van der Waals surface area contributed by atoms with Gasteiger partial charge in [0.2, 0.25) is 0 Å². The number of rotatable bonds is 5. The smallest absolute Gasteiger partial charge is 0.126 e. The van der Waals surface area contributed by atoms with E-state index in [9.17, 15) is 0 Å². The van der Waals surface area contributed by atoms with Crippen LogP contribution in [0.1, 0.15) is 12.5 Å². The number of benzene rings is 1. The van der Waals surface area contributed by atoms with Crippen LogP contribution in [-0.4, -0.2) is 11.6 Å². The van der Waals surface area contributed by atoms with E-state index in [0.717, 1.165) is 21.6 Å². The van der Waals surface area contributed by atoms with E-state index in [1.54, 1.807) is 6.20 Å². The van der Waals surface area contributed by atoms with Gasteiger partial charge in [0.1, 0.15) is 11.6 Å². The van der Waals surface area contributed by atoms with Gasteiger partial charge in [0.25, 0.3) is 0 Å². The van der Waals surface area contributed by atoms with Gasteiger partial charge in [0, 0.05) is 22.8 Å². The molecule has 0 saturated carbocycles. The highest BCUT2D eigenvalue weighted by molar-refractivity contribution is 9.10. The number of pyridine rings is 1. The molecule has 2 aromatic rings. The largest absolute Gasteiger partial charge is 0.494 e. The number of nitrogens with zero attached hydrogens (tertiary/aromatic N) is 1. The minimum absolute atomic E-state index is 0.665. The van der Waals surface area contributed by atoms with Gasteiger partial charge in [-0.2, -0.15) is 0 Å². The molecule has 3 nitrogen and oxygen atoms in total. The molecule has 0 aliphatic rings. The molecule has 0 unspecified atom stereocenters. The summed E-state index contributed by atoms with van der Waals surface area (Å²) in [6, 6.07) is 11.8. The van der Waals surface area contributed by atoms with Gasteiger partial charge in [-0.25, -0.2) is 4.98 Å². The molecule has 94 valence electrons. The molecule has 1 aromatic carbocycles. The number of anilines is 1. The number of hydrogen-bond donors (Lipinski definition) is 1. The second-order valence-corrected chi connectivity index (χ2v) is 4.67. The summed E-state index contributed by atoms with van der Waals surface area (Å²) in [5, 5.41) is 3.28. The average Bonchev–Trinajstić information content (AvgIpc) is 2.40. The minimum atomic E-state index is 0.665. The van der Waals surface area contributed by atoms with E-state index < -0.39 is 0 Å². The van der Waals surface area contributed by atoms with Crippen molar-refractivity contribution in [3.8, 4) is 5.75 Å². The molecule has 2 rings (SSSR count). The molecule has 1 heterocycles. The lowest BCUT2D eigenvalue weighted by molar-refractivity contribution is 0.337. The number of hydrogen-bond acceptors (Lipinski definition) is 3. The van der Waals surface area contributed by atoms with Crippen molar-refractivity contribution in [3.63, 3.8) is 0 Å². The Bertz CT molecular complexity index is 502. The summed E-state index contributed by atoms with van der Waals surface area (Å²) in [7, 11) is 0. The Morgan fingerprint density at radius 1 is 1.28 bits per heavy atom. The maximum atomic E-state index is 5.60. The minimum Gasteiger partial charge on any atom is -0.494 e. The lowest BCUT2D eigenvalue weighted by Crippen LogP contribution is -2.04. The van der Waals surface area contributed by atoms with Crippen molar-refractivity contribution in [2.45, 2.75) is 13.5 Å². The first kappa shape index (κ1) is 12.9. The van der Waals surface area contributed by atoms with Gasteiger partial charge in [0.05, 0.1) is 6.61 Å². The van der Waals surface area contributed by atoms with Crippen LogP contribution in [0.5, 0.6) is 5.75 Å². The summed E-state index contributed by atoms with van der Waals surface area (Å²) >= 11 is 3.47. The maximum Gasteiger partial charge on any atom is 0.126 e. The van der Waals surface area contributed by atoms with Crippen molar-refractivity contribution in [3.05, 3.63) is 52.6 Å². The highest BCUT2D eigenvalue weighted by atomic mass is 79.9. The molecule has 0 spiro atoms. The second kappa shape index (κ2) is 6.40. The fraction of sp³-hybridized carbons (Fsp3) is 0.214. The van der Waals surface area contributed by atoms with Crippen molar-refractivity contribution in [1.29, 1.82) is 0 Å². The van der Waals surface area contributed by atoms with E-state index in [1.807, 2.05) is 37.3 Å². The monoisotopic (exact) mass is 306 g/mol. The van der Waals surface area contributed by atoms with Crippen molar-refractivity contribution in [2.24, 2.45) is 0 Å². The van der Waals surface area contributed by atoms with Gasteiger partial charge in [-0.1, -0.05) is 22.0 Å². The first-order valence-electron chi connectivity index (χ1n) is 5.85. The third kappa shape index (κ3) is 3.47. The van der Waals surface area contributed by atoms with Crippen molar-refractivity contribution >= 4 is 21.7 Å². The van der Waals surface area contributed by atoms with Gasteiger partial charge in [0.15, 0.2) is 0 Å². The Kier molecular flexibility index (Phi) is 4.59. The van der Waals surface area contributed by atoms with Gasteiger partial charge in [-0.05, 0) is 37.3 Å². The third-order valence-electron chi connectivity index (χ3n) is 2.45. The zero-order valence-electron chi connectivity index (χ0n) is 10.2. The van der Waals surface area contributed by atoms with Crippen LogP contribution in [0.2, 0.25) is 0 Å². The van der Waals surface area contributed by atoms with Gasteiger partial charge in [-0.15, -0.1) is 0 Å². The van der Waals surface area contributed by atoms with Crippen LogP contribution in [0.15, 0.2) is 47.1 Å². The van der Waals surface area contributed by atoms with E-state index >= 15 is 0 Å². The zero-order valence-corrected chi connectivity index (χ0v) is 11.8. The molecule has 4 heteroatoms. The summed E-state index contributed by atoms with van der Waals surface area (Å²) in [6.07, 6.45) is 1.77. The average molecular weight is 307 g/mol. The molecule has 0 fully saturated rings. The normalized spacial score (nSPS) is 10.1. The number of ether oxygens (including phenoxy) is 1. The summed E-state index contributed by atoms with van der Waals surface area (Å²) in [6.45, 7) is 3.34. The first-order valence-corrected chi connectivity index (χ1v) is 6.65. The van der Waals surface area contributed by atoms with Crippen molar-refractivity contribution in [2.75, 3.05) is 11.9 Å². The molecule has 1 aromatic heterocycles. The number of nitrogens with one attached hydrogen (secondary N) is 1. The van der Waals surface area contributed by atoms with Gasteiger partial charge >= 0.3 is 0 Å². The highest BCUT2D eigenvalue weighted by Crippen LogP contribution is 2.24. The Morgan fingerprint density at radius 3 is 2.89 bits per heavy atom. The van der Waals surface area contributed by atoms with Gasteiger partial charge < -0.3 is 10.1 Å². The number of halogens is 1. The van der Waals surface area contributed by atoms with Crippen LogP contribution in [0, 0.1) is 0 Å². The Hall–Kier alpha value is -1.55. The van der Waals surface area contributed by atoms with E-state index in [4.69, 9.17) is 4.74 Å². The predicted octanol–water partition coefficient (Wildman–Crippen LogP) is 3.85. The Balaban J connectivity index is 2.10.